The first kappa shape index (κ1) is 43.0. The predicted molar refractivity (Wildman–Crippen MR) is 230 cm³/mol. The highest BCUT2D eigenvalue weighted by atomic mass is 16.5. The zero-order valence-corrected chi connectivity index (χ0v) is 36.6. The van der Waals surface area contributed by atoms with Crippen molar-refractivity contribution in [3.05, 3.63) is 47.5 Å². The maximum atomic E-state index is 14.9. The van der Waals surface area contributed by atoms with Crippen LogP contribution in [0.25, 0.3) is 0 Å². The third-order valence-electron chi connectivity index (χ3n) is 18.3. The first-order chi connectivity index (χ1) is 28.3. The molecule has 7 aliphatic rings. The highest BCUT2D eigenvalue weighted by Gasteiger charge is 2.78. The van der Waals surface area contributed by atoms with Crippen LogP contribution in [0.15, 0.2) is 42.0 Å². The zero-order chi connectivity index (χ0) is 41.5. The van der Waals surface area contributed by atoms with E-state index in [1.807, 2.05) is 6.92 Å². The second kappa shape index (κ2) is 16.9. The Morgan fingerprint density at radius 2 is 1.58 bits per heavy atom. The Hall–Kier alpha value is -2.66. The van der Waals surface area contributed by atoms with E-state index in [1.54, 1.807) is 6.08 Å². The van der Waals surface area contributed by atoms with Crippen LogP contribution in [0, 0.1) is 56.7 Å². The Kier molecular flexibility index (Phi) is 12.3. The van der Waals surface area contributed by atoms with Gasteiger partial charge in [0, 0.05) is 24.8 Å². The van der Waals surface area contributed by atoms with Gasteiger partial charge in [0.2, 0.25) is 0 Å². The first-order valence-electron chi connectivity index (χ1n) is 24.0. The predicted octanol–water partition coefficient (Wildman–Crippen LogP) is 9.97. The minimum atomic E-state index is -1.67. The van der Waals surface area contributed by atoms with Crippen LogP contribution in [0.3, 0.4) is 0 Å². The van der Waals surface area contributed by atoms with Crippen molar-refractivity contribution in [1.29, 1.82) is 0 Å². The molecule has 0 saturated heterocycles. The van der Waals surface area contributed by atoms with Gasteiger partial charge in [0.05, 0.1) is 34.1 Å². The highest BCUT2D eigenvalue weighted by molar-refractivity contribution is 5.85. The van der Waals surface area contributed by atoms with Crippen LogP contribution in [-0.2, 0) is 25.5 Å². The van der Waals surface area contributed by atoms with Gasteiger partial charge in [-0.1, -0.05) is 88.6 Å². The summed E-state index contributed by atoms with van der Waals surface area (Å²) in [7, 11) is 0. The summed E-state index contributed by atoms with van der Waals surface area (Å²) in [6.45, 7) is 6.85. The van der Waals surface area contributed by atoms with Crippen molar-refractivity contribution in [3.63, 3.8) is 0 Å². The molecule has 5 fully saturated rings. The van der Waals surface area contributed by atoms with Gasteiger partial charge in [-0.25, -0.2) is 4.79 Å². The van der Waals surface area contributed by atoms with Crippen molar-refractivity contribution in [2.75, 3.05) is 6.61 Å². The number of esters is 2. The molecule has 1 aromatic rings. The molecule has 5 aliphatic carbocycles. The Bertz CT molecular complexity index is 1750. The van der Waals surface area contributed by atoms with Crippen molar-refractivity contribution >= 4 is 11.9 Å². The molecule has 1 aromatic carbocycles. The number of cyclic esters (lactones) is 1. The number of ether oxygens (including phenoxy) is 2. The van der Waals surface area contributed by atoms with E-state index in [1.165, 1.54) is 44.1 Å². The quantitative estimate of drug-likeness (QED) is 0.142. The summed E-state index contributed by atoms with van der Waals surface area (Å²) < 4.78 is 12.4. The topological polar surface area (TPSA) is 113 Å². The molecule has 59 heavy (non-hydrogen) atoms. The van der Waals surface area contributed by atoms with Crippen molar-refractivity contribution in [3.8, 4) is 11.8 Å². The third-order valence-corrected chi connectivity index (χ3v) is 18.3. The Labute approximate surface area is 354 Å². The number of carbonyl (C=O) groups is 2. The summed E-state index contributed by atoms with van der Waals surface area (Å²) in [5.74, 6) is 6.77. The van der Waals surface area contributed by atoms with Crippen molar-refractivity contribution in [2.45, 2.75) is 199 Å². The number of rotatable bonds is 12. The lowest BCUT2D eigenvalue weighted by atomic mass is 9.35. The lowest BCUT2D eigenvalue weighted by Gasteiger charge is -2.72. The third kappa shape index (κ3) is 7.66. The summed E-state index contributed by atoms with van der Waals surface area (Å²) in [5, 5.41) is 40.6. The van der Waals surface area contributed by atoms with Crippen LogP contribution >= 0.6 is 0 Å². The van der Waals surface area contributed by atoms with Gasteiger partial charge in [-0.15, -0.1) is 5.92 Å². The number of aryl methyl sites for hydroxylation is 1. The summed E-state index contributed by atoms with van der Waals surface area (Å²) >= 11 is 0. The lowest BCUT2D eigenvalue weighted by molar-refractivity contribution is -0.339. The molecule has 3 N–H and O–H groups in total. The number of aliphatic hydroxyl groups is 3. The average molecular weight is 811 g/mol. The normalized spacial score (nSPS) is 37.5. The van der Waals surface area contributed by atoms with Crippen molar-refractivity contribution in [1.82, 2.24) is 0 Å². The van der Waals surface area contributed by atoms with Crippen molar-refractivity contribution in [2.24, 2.45) is 44.8 Å². The van der Waals surface area contributed by atoms with E-state index >= 15 is 0 Å². The molecule has 9 atom stereocenters. The first-order valence-corrected chi connectivity index (χ1v) is 24.0. The molecule has 2 bridgehead atoms. The SMILES string of the molecule is C[C@H](CCCc1ccccc1)CC[C@H](O)[C@]12[C@H](O)CC[C@@](C)(C3CCC4(CCCC4)CC3)[C@@H]1[C@H]1C[C@](C)(C#CCC3(CCCCC3)C(=O)O1)[C@]2(O)CCC1=CC(=O)OC1. The van der Waals surface area contributed by atoms with Crippen LogP contribution in [0.5, 0.6) is 0 Å². The summed E-state index contributed by atoms with van der Waals surface area (Å²) in [5.41, 5.74) is -2.73. The maximum Gasteiger partial charge on any atom is 0.331 e. The van der Waals surface area contributed by atoms with Crippen LogP contribution in [0.2, 0.25) is 0 Å². The number of carbonyl (C=O) groups excluding carboxylic acids is 2. The van der Waals surface area contributed by atoms with Crippen LogP contribution < -0.4 is 0 Å². The van der Waals surface area contributed by atoms with E-state index in [0.29, 0.717) is 49.4 Å². The van der Waals surface area contributed by atoms with Crippen LogP contribution in [-0.4, -0.2) is 57.8 Å². The molecule has 0 unspecified atom stereocenters. The van der Waals surface area contributed by atoms with Gasteiger partial charge in [0.15, 0.2) is 0 Å². The molecule has 2 spiro atoms. The summed E-state index contributed by atoms with van der Waals surface area (Å²) in [4.78, 5) is 27.2. The highest BCUT2D eigenvalue weighted by Crippen LogP contribution is 2.72. The molecule has 0 radical (unpaired) electrons. The lowest BCUT2D eigenvalue weighted by Crippen LogP contribution is -2.79. The molecular formula is C52H74O7. The molecule has 2 heterocycles. The van der Waals surface area contributed by atoms with Crippen LogP contribution in [0.1, 0.15) is 174 Å². The number of hydrogen-bond acceptors (Lipinski definition) is 7. The van der Waals surface area contributed by atoms with E-state index < -0.39 is 51.5 Å². The smallest absolute Gasteiger partial charge is 0.331 e. The Balaban J connectivity index is 1.21. The number of benzene rings is 1. The van der Waals surface area contributed by atoms with Crippen LogP contribution in [0.4, 0.5) is 0 Å². The number of fused-ring (bicyclic) bond motifs is 4. The minimum Gasteiger partial charge on any atom is -0.462 e. The van der Waals surface area contributed by atoms with Gasteiger partial charge in [-0.2, -0.15) is 0 Å². The van der Waals surface area contributed by atoms with Gasteiger partial charge >= 0.3 is 11.9 Å². The van der Waals surface area contributed by atoms with E-state index in [9.17, 15) is 24.9 Å². The second-order valence-corrected chi connectivity index (χ2v) is 21.6. The molecule has 7 heteroatoms. The minimum absolute atomic E-state index is 0.163. The standard InChI is InChI=1S/C52H74O7/c1-37(14-12-17-38-15-6-4-7-16-38)18-19-42(53)52-43(54)23-30-48(3,40-21-31-49(32-22-40)25-10-11-26-49)45(52)41-35-47(2,51(52,57)33-20-39-34-44(55)58-36-39)24-13-29-50(46(56)59-41)27-8-5-9-28-50/h4,6-7,15-16,34,37,40-43,45,53-54,57H,5,8-12,14,17-23,25-33,35-36H2,1-3H3/t37-,41-,42+,43-,45+,47+,48+,51-,52+/m1/s1. The molecule has 7 nitrogen and oxygen atoms in total. The molecule has 324 valence electrons. The zero-order valence-electron chi connectivity index (χ0n) is 36.6. The number of aliphatic hydroxyl groups excluding tert-OH is 2. The van der Waals surface area contributed by atoms with E-state index in [4.69, 9.17) is 9.47 Å². The summed E-state index contributed by atoms with van der Waals surface area (Å²) in [6, 6.07) is 10.6. The van der Waals surface area contributed by atoms with Crippen molar-refractivity contribution < 1.29 is 34.4 Å². The largest absolute Gasteiger partial charge is 0.462 e. The average Bonchev–Trinajstić information content (AvgIpc) is 3.88. The molecular weight excluding hydrogens is 737 g/mol. The van der Waals surface area contributed by atoms with E-state index in [0.717, 1.165) is 82.6 Å². The molecule has 8 rings (SSSR count). The molecule has 0 aromatic heterocycles. The van der Waals surface area contributed by atoms with Gasteiger partial charge in [-0.05, 0) is 143 Å². The fraction of sp³-hybridized carbons (Fsp3) is 0.769. The molecule has 2 aliphatic heterocycles. The van der Waals surface area contributed by atoms with E-state index in [-0.39, 0.29) is 25.0 Å². The fourth-order valence-electron chi connectivity index (χ4n) is 14.8. The monoisotopic (exact) mass is 811 g/mol. The second-order valence-electron chi connectivity index (χ2n) is 21.6. The summed E-state index contributed by atoms with van der Waals surface area (Å²) in [6.07, 6.45) is 20.0. The molecule has 5 saturated carbocycles. The van der Waals surface area contributed by atoms with Gasteiger partial charge in [0.1, 0.15) is 12.7 Å². The fourth-order valence-corrected chi connectivity index (χ4v) is 14.8. The number of hydrogen-bond donors (Lipinski definition) is 3. The van der Waals surface area contributed by atoms with Gasteiger partial charge in [0.25, 0.3) is 0 Å². The van der Waals surface area contributed by atoms with E-state index in [2.05, 4.69) is 56.0 Å². The van der Waals surface area contributed by atoms with Gasteiger partial charge < -0.3 is 24.8 Å². The molecule has 0 amide bonds. The Morgan fingerprint density at radius 3 is 2.27 bits per heavy atom. The van der Waals surface area contributed by atoms with Gasteiger partial charge in [-0.3, -0.25) is 4.79 Å². The Morgan fingerprint density at radius 1 is 0.864 bits per heavy atom. The maximum absolute atomic E-state index is 14.9.